The Labute approximate surface area is 108 Å². The quantitative estimate of drug-likeness (QED) is 0.713. The second kappa shape index (κ2) is 5.29. The molecule has 1 aromatic rings. The maximum Gasteiger partial charge on any atom is 0.250 e. The lowest BCUT2D eigenvalue weighted by atomic mass is 9.98. The van der Waals surface area contributed by atoms with E-state index in [1.54, 1.807) is 18.2 Å². The first kappa shape index (κ1) is 12.7. The molecule has 5 N–H and O–H groups in total. The zero-order valence-electron chi connectivity index (χ0n) is 10.8. The lowest BCUT2D eigenvalue weighted by Crippen LogP contribution is -2.20. The summed E-state index contributed by atoms with van der Waals surface area (Å²) in [5.74, 6) is 1.000. The van der Waals surface area contributed by atoms with Gasteiger partial charge < -0.3 is 16.8 Å². The van der Waals surface area contributed by atoms with Crippen LogP contribution in [0.2, 0.25) is 0 Å². The van der Waals surface area contributed by atoms with Gasteiger partial charge in [0, 0.05) is 17.9 Å². The van der Waals surface area contributed by atoms with Gasteiger partial charge in [0.15, 0.2) is 0 Å². The van der Waals surface area contributed by atoms with E-state index in [0.29, 0.717) is 17.2 Å². The minimum absolute atomic E-state index is 0.419. The molecule has 1 aliphatic carbocycles. The molecule has 18 heavy (non-hydrogen) atoms. The smallest absolute Gasteiger partial charge is 0.250 e. The Balaban J connectivity index is 2.08. The number of carbonyl (C=O) groups excluding carboxylic acids is 1. The normalized spacial score (nSPS) is 22.9. The first-order valence-electron chi connectivity index (χ1n) is 6.51. The zero-order chi connectivity index (χ0) is 13.1. The number of carbonyl (C=O) groups is 1. The highest BCUT2D eigenvalue weighted by molar-refractivity contribution is 5.99. The van der Waals surface area contributed by atoms with Crippen LogP contribution in [-0.4, -0.2) is 12.5 Å². The largest absolute Gasteiger partial charge is 0.399 e. The predicted octanol–water partition coefficient (Wildman–Crippen LogP) is 2.22. The van der Waals surface area contributed by atoms with Crippen molar-refractivity contribution in [3.8, 4) is 0 Å². The molecule has 2 unspecified atom stereocenters. The lowest BCUT2D eigenvalue weighted by Gasteiger charge is -2.18. The first-order valence-corrected chi connectivity index (χ1v) is 6.51. The summed E-state index contributed by atoms with van der Waals surface area (Å²) in [5, 5.41) is 3.33. The molecular formula is C14H21N3O. The maximum atomic E-state index is 11.3. The van der Waals surface area contributed by atoms with E-state index in [4.69, 9.17) is 11.5 Å². The number of nitrogens with one attached hydrogen (secondary N) is 1. The molecule has 0 aliphatic heterocycles. The van der Waals surface area contributed by atoms with Crippen LogP contribution in [0.15, 0.2) is 18.2 Å². The molecule has 2 atom stereocenters. The maximum absolute atomic E-state index is 11.3. The third-order valence-electron chi connectivity index (χ3n) is 3.90. The number of anilines is 2. The fourth-order valence-corrected chi connectivity index (χ4v) is 2.69. The van der Waals surface area contributed by atoms with Crippen LogP contribution in [0.25, 0.3) is 0 Å². The van der Waals surface area contributed by atoms with Crippen molar-refractivity contribution in [1.29, 1.82) is 0 Å². The second-order valence-corrected chi connectivity index (χ2v) is 5.22. The van der Waals surface area contributed by atoms with Crippen LogP contribution in [0.3, 0.4) is 0 Å². The summed E-state index contributed by atoms with van der Waals surface area (Å²) in [6, 6.07) is 5.15. The summed E-state index contributed by atoms with van der Waals surface area (Å²) in [6.45, 7) is 3.17. The number of rotatable bonds is 4. The highest BCUT2D eigenvalue weighted by atomic mass is 16.1. The highest BCUT2D eigenvalue weighted by Gasteiger charge is 2.23. The molecule has 0 radical (unpaired) electrons. The third kappa shape index (κ3) is 2.75. The van der Waals surface area contributed by atoms with Crippen LogP contribution in [-0.2, 0) is 0 Å². The van der Waals surface area contributed by atoms with E-state index in [0.717, 1.165) is 18.2 Å². The Bertz CT molecular complexity index is 445. The van der Waals surface area contributed by atoms with E-state index < -0.39 is 5.91 Å². The number of hydrogen-bond acceptors (Lipinski definition) is 3. The number of primary amides is 1. The monoisotopic (exact) mass is 247 g/mol. The SMILES string of the molecule is CC1CCCC1CNc1cc(N)ccc1C(N)=O. The fourth-order valence-electron chi connectivity index (χ4n) is 2.69. The van der Waals surface area contributed by atoms with Gasteiger partial charge >= 0.3 is 0 Å². The van der Waals surface area contributed by atoms with Crippen molar-refractivity contribution < 1.29 is 4.79 Å². The average molecular weight is 247 g/mol. The van der Waals surface area contributed by atoms with E-state index >= 15 is 0 Å². The van der Waals surface area contributed by atoms with Gasteiger partial charge in [0.05, 0.1) is 5.56 Å². The summed E-state index contributed by atoms with van der Waals surface area (Å²) >= 11 is 0. The van der Waals surface area contributed by atoms with Gasteiger partial charge in [0.1, 0.15) is 0 Å². The van der Waals surface area contributed by atoms with Gasteiger partial charge in [-0.15, -0.1) is 0 Å². The van der Waals surface area contributed by atoms with Gasteiger partial charge in [0.25, 0.3) is 5.91 Å². The van der Waals surface area contributed by atoms with Crippen LogP contribution in [0.1, 0.15) is 36.5 Å². The predicted molar refractivity (Wildman–Crippen MR) is 74.4 cm³/mol. The van der Waals surface area contributed by atoms with E-state index in [9.17, 15) is 4.79 Å². The van der Waals surface area contributed by atoms with Gasteiger partial charge in [-0.2, -0.15) is 0 Å². The fraction of sp³-hybridized carbons (Fsp3) is 0.500. The van der Waals surface area contributed by atoms with Crippen LogP contribution in [0.4, 0.5) is 11.4 Å². The third-order valence-corrected chi connectivity index (χ3v) is 3.90. The molecule has 0 aromatic heterocycles. The summed E-state index contributed by atoms with van der Waals surface area (Å²) < 4.78 is 0. The van der Waals surface area contributed by atoms with Crippen LogP contribution >= 0.6 is 0 Å². The Morgan fingerprint density at radius 2 is 2.22 bits per heavy atom. The number of amides is 1. The van der Waals surface area contributed by atoms with Gasteiger partial charge in [-0.05, 0) is 36.5 Å². The topological polar surface area (TPSA) is 81.1 Å². The van der Waals surface area contributed by atoms with E-state index in [2.05, 4.69) is 12.2 Å². The Kier molecular flexibility index (Phi) is 3.75. The zero-order valence-corrected chi connectivity index (χ0v) is 10.8. The van der Waals surface area contributed by atoms with Crippen LogP contribution < -0.4 is 16.8 Å². The average Bonchev–Trinajstić information content (AvgIpc) is 2.72. The molecule has 0 bridgehead atoms. The van der Waals surface area contributed by atoms with Crippen molar-refractivity contribution in [2.24, 2.45) is 17.6 Å². The first-order chi connectivity index (χ1) is 8.58. The molecule has 1 saturated carbocycles. The van der Waals surface area contributed by atoms with Crippen molar-refractivity contribution in [3.05, 3.63) is 23.8 Å². The van der Waals surface area contributed by atoms with E-state index in [-0.39, 0.29) is 0 Å². The Morgan fingerprint density at radius 1 is 1.44 bits per heavy atom. The van der Waals surface area contributed by atoms with Crippen molar-refractivity contribution in [2.75, 3.05) is 17.6 Å². The minimum atomic E-state index is -0.419. The lowest BCUT2D eigenvalue weighted by molar-refractivity contribution is 0.100. The van der Waals surface area contributed by atoms with Gasteiger partial charge in [-0.1, -0.05) is 19.8 Å². The number of nitrogens with two attached hydrogens (primary N) is 2. The molecule has 0 heterocycles. The molecular weight excluding hydrogens is 226 g/mol. The molecule has 4 nitrogen and oxygen atoms in total. The van der Waals surface area contributed by atoms with E-state index in [1.807, 2.05) is 0 Å². The van der Waals surface area contributed by atoms with E-state index in [1.165, 1.54) is 19.3 Å². The summed E-state index contributed by atoms with van der Waals surface area (Å²) in [5.41, 5.74) is 13.0. The summed E-state index contributed by atoms with van der Waals surface area (Å²) in [4.78, 5) is 11.3. The Morgan fingerprint density at radius 3 is 2.83 bits per heavy atom. The molecule has 2 rings (SSSR count). The number of benzene rings is 1. The Hall–Kier alpha value is -1.71. The summed E-state index contributed by atoms with van der Waals surface area (Å²) in [6.07, 6.45) is 3.85. The highest BCUT2D eigenvalue weighted by Crippen LogP contribution is 2.31. The second-order valence-electron chi connectivity index (χ2n) is 5.22. The van der Waals surface area contributed by atoms with Gasteiger partial charge in [-0.25, -0.2) is 0 Å². The van der Waals surface area contributed by atoms with Crippen LogP contribution in [0.5, 0.6) is 0 Å². The standard InChI is InChI=1S/C14H21N3O/c1-9-3-2-4-10(9)8-17-13-7-11(15)5-6-12(13)14(16)18/h5-7,9-10,17H,2-4,8,15H2,1H3,(H2,16,18). The molecule has 0 spiro atoms. The molecule has 1 aromatic carbocycles. The number of nitrogen functional groups attached to an aromatic ring is 1. The molecule has 0 saturated heterocycles. The molecule has 1 amide bonds. The van der Waals surface area contributed by atoms with Gasteiger partial charge in [0.2, 0.25) is 0 Å². The van der Waals surface area contributed by atoms with Gasteiger partial charge in [-0.3, -0.25) is 4.79 Å². The molecule has 1 aliphatic rings. The van der Waals surface area contributed by atoms with Crippen molar-refractivity contribution >= 4 is 17.3 Å². The minimum Gasteiger partial charge on any atom is -0.399 e. The molecule has 98 valence electrons. The van der Waals surface area contributed by atoms with Crippen LogP contribution in [0, 0.1) is 11.8 Å². The van der Waals surface area contributed by atoms with Crippen molar-refractivity contribution in [2.45, 2.75) is 26.2 Å². The van der Waals surface area contributed by atoms with Crippen molar-refractivity contribution in [1.82, 2.24) is 0 Å². The van der Waals surface area contributed by atoms with Crippen molar-refractivity contribution in [3.63, 3.8) is 0 Å². The number of hydrogen-bond donors (Lipinski definition) is 3. The molecule has 4 heteroatoms. The summed E-state index contributed by atoms with van der Waals surface area (Å²) in [7, 11) is 0. The molecule has 1 fully saturated rings.